The number of hydrogen-bond acceptors (Lipinski definition) is 7. The average molecular weight is 861 g/mol. The maximum absolute atomic E-state index is 10.00. The summed E-state index contributed by atoms with van der Waals surface area (Å²) in [5, 5.41) is 8.23. The number of rotatable bonds is 19. The number of benzene rings is 1. The van der Waals surface area contributed by atoms with E-state index in [1.54, 1.807) is 0 Å². The van der Waals surface area contributed by atoms with Crippen LogP contribution in [0.4, 0.5) is 0 Å². The molecule has 0 heterocycles. The maximum atomic E-state index is 10.00. The van der Waals surface area contributed by atoms with Gasteiger partial charge in [-0.1, -0.05) is 47.6 Å². The summed E-state index contributed by atoms with van der Waals surface area (Å²) in [5.74, 6) is 1.46. The van der Waals surface area contributed by atoms with Gasteiger partial charge in [0.2, 0.25) is 5.18 Å². The van der Waals surface area contributed by atoms with E-state index in [4.69, 9.17) is 19.3 Å². The highest BCUT2D eigenvalue weighted by molar-refractivity contribution is 14.3. The molecule has 0 fully saturated rings. The molecule has 1 aromatic carbocycles. The van der Waals surface area contributed by atoms with Crippen molar-refractivity contribution in [3.8, 4) is 17.2 Å². The third-order valence-corrected chi connectivity index (χ3v) is 7.24. The fraction of sp³-hybridized carbons (Fsp3) is 0.731. The van der Waals surface area contributed by atoms with Gasteiger partial charge in [-0.15, -0.1) is 0 Å². The standard InChI is InChI=1S/C24H45N3O3.C2HI3O2/c1-7-25(8-2)16-19-28-22-14-13-15-23(29-20-17-26(9-3)10-4)24(22)30-21-18-27(11-5)12-6;3-2(4,5)1(6)7/h13-15H,7-12,16-21H2,1-6H3;(H,6,7). The number of carbonyl (C=O) groups is 1. The van der Waals surface area contributed by atoms with Crippen LogP contribution in [0.3, 0.4) is 0 Å². The Hall–Kier alpha value is 0.160. The fourth-order valence-electron chi connectivity index (χ4n) is 3.33. The molecule has 1 aromatic rings. The highest BCUT2D eigenvalue weighted by Gasteiger charge is 2.26. The zero-order chi connectivity index (χ0) is 28.3. The van der Waals surface area contributed by atoms with Crippen molar-refractivity contribution in [3.63, 3.8) is 0 Å². The van der Waals surface area contributed by atoms with Crippen LogP contribution in [0.2, 0.25) is 0 Å². The van der Waals surface area contributed by atoms with Crippen LogP contribution in [-0.2, 0) is 4.79 Å². The summed E-state index contributed by atoms with van der Waals surface area (Å²) in [4.78, 5) is 17.1. The minimum atomic E-state index is -0.797. The summed E-state index contributed by atoms with van der Waals surface area (Å²) in [5.41, 5.74) is 0. The minimum absolute atomic E-state index is 0.616. The lowest BCUT2D eigenvalue weighted by atomic mass is 10.3. The van der Waals surface area contributed by atoms with Gasteiger partial charge in [-0.25, -0.2) is 4.79 Å². The van der Waals surface area contributed by atoms with Crippen LogP contribution in [0.5, 0.6) is 17.2 Å². The molecule has 216 valence electrons. The molecule has 0 aromatic heterocycles. The highest BCUT2D eigenvalue weighted by Crippen LogP contribution is 2.37. The monoisotopic (exact) mass is 861 g/mol. The van der Waals surface area contributed by atoms with E-state index < -0.39 is 5.40 Å². The van der Waals surface area contributed by atoms with E-state index in [1.165, 1.54) is 0 Å². The van der Waals surface area contributed by atoms with Crippen molar-refractivity contribution in [2.45, 2.75) is 41.0 Å². The van der Waals surface area contributed by atoms with E-state index in [-0.39, 0.29) is 0 Å². The Labute approximate surface area is 265 Å². The Morgan fingerprint density at radius 1 is 0.703 bits per heavy atom. The van der Waals surface area contributed by atoms with Crippen molar-refractivity contribution < 1.29 is 24.1 Å². The first-order chi connectivity index (χ1) is 17.6. The van der Waals surface area contributed by atoms with Gasteiger partial charge in [-0.05, 0) is 119 Å². The van der Waals surface area contributed by atoms with Crippen molar-refractivity contribution in [1.29, 1.82) is 0 Å². The normalized spacial score (nSPS) is 11.5. The largest absolute Gasteiger partial charge is 0.488 e. The van der Waals surface area contributed by atoms with Gasteiger partial charge in [0.25, 0.3) is 0 Å². The SMILES string of the molecule is CCN(CC)CCOc1cccc(OCCN(CC)CC)c1OCCN(CC)CC.O=C(O)C(I)(I)I. The van der Waals surface area contributed by atoms with Gasteiger partial charge in [-0.2, -0.15) is 0 Å². The second kappa shape index (κ2) is 21.9. The summed E-state index contributed by atoms with van der Waals surface area (Å²) < 4.78 is 17.8. The van der Waals surface area contributed by atoms with Crippen LogP contribution in [0.15, 0.2) is 18.2 Å². The first-order valence-electron chi connectivity index (χ1n) is 13.1. The molecule has 0 atom stereocenters. The topological polar surface area (TPSA) is 74.7 Å². The number of ether oxygens (including phenoxy) is 3. The smallest absolute Gasteiger partial charge is 0.339 e. The average Bonchev–Trinajstić information content (AvgIpc) is 2.88. The number of likely N-dealkylation sites (N-methyl/N-ethyl adjacent to an activating group) is 3. The summed E-state index contributed by atoms with van der Waals surface area (Å²) >= 11 is 5.52. The van der Waals surface area contributed by atoms with Gasteiger partial charge in [0.05, 0.1) is 0 Å². The van der Waals surface area contributed by atoms with Crippen LogP contribution < -0.4 is 14.2 Å². The van der Waals surface area contributed by atoms with Crippen LogP contribution >= 0.6 is 67.8 Å². The van der Waals surface area contributed by atoms with E-state index in [9.17, 15) is 4.79 Å². The molecule has 0 spiro atoms. The summed E-state index contributed by atoms with van der Waals surface area (Å²) in [6, 6.07) is 5.94. The van der Waals surface area contributed by atoms with Crippen molar-refractivity contribution in [1.82, 2.24) is 14.7 Å². The van der Waals surface area contributed by atoms with Crippen LogP contribution in [0, 0.1) is 0 Å². The molecule has 0 radical (unpaired) electrons. The minimum Gasteiger partial charge on any atom is -0.488 e. The molecule has 37 heavy (non-hydrogen) atoms. The van der Waals surface area contributed by atoms with Crippen LogP contribution in [-0.4, -0.2) is 104 Å². The maximum Gasteiger partial charge on any atom is 0.339 e. The van der Waals surface area contributed by atoms with E-state index in [1.807, 2.05) is 86.0 Å². The van der Waals surface area contributed by atoms with Gasteiger partial charge in [0.1, 0.15) is 19.8 Å². The Balaban J connectivity index is 0.00000161. The number of aliphatic carboxylic acids is 1. The first-order valence-corrected chi connectivity index (χ1v) is 16.3. The molecule has 0 saturated carbocycles. The van der Waals surface area contributed by atoms with Gasteiger partial charge >= 0.3 is 5.97 Å². The van der Waals surface area contributed by atoms with Gasteiger partial charge in [0.15, 0.2) is 11.5 Å². The third kappa shape index (κ3) is 16.8. The Morgan fingerprint density at radius 3 is 1.27 bits per heavy atom. The molecule has 11 heteroatoms. The molecule has 0 aliphatic carbocycles. The lowest BCUT2D eigenvalue weighted by Gasteiger charge is -2.22. The quantitative estimate of drug-likeness (QED) is 0.137. The van der Waals surface area contributed by atoms with Gasteiger partial charge < -0.3 is 34.0 Å². The lowest BCUT2D eigenvalue weighted by molar-refractivity contribution is -0.134. The second-order valence-electron chi connectivity index (χ2n) is 8.01. The molecule has 0 bridgehead atoms. The molecule has 0 unspecified atom stereocenters. The van der Waals surface area contributed by atoms with Crippen molar-refractivity contribution in [2.75, 3.05) is 78.7 Å². The number of carboxylic acids is 1. The van der Waals surface area contributed by atoms with E-state index >= 15 is 0 Å². The number of carboxylic acid groups (broad SMARTS) is 1. The van der Waals surface area contributed by atoms with E-state index in [2.05, 4.69) is 56.2 Å². The summed E-state index contributed by atoms with van der Waals surface area (Å²) in [6.07, 6.45) is 0. The van der Waals surface area contributed by atoms with Gasteiger partial charge in [-0.3, -0.25) is 0 Å². The number of nitrogens with zero attached hydrogens (tertiary/aromatic N) is 3. The predicted molar refractivity (Wildman–Crippen MR) is 179 cm³/mol. The van der Waals surface area contributed by atoms with Crippen molar-refractivity contribution in [2.24, 2.45) is 0 Å². The third-order valence-electron chi connectivity index (χ3n) is 5.85. The zero-order valence-electron chi connectivity index (χ0n) is 23.3. The fourth-order valence-corrected chi connectivity index (χ4v) is 3.33. The number of alkyl halides is 3. The molecule has 8 nitrogen and oxygen atoms in total. The highest BCUT2D eigenvalue weighted by atomic mass is 127. The lowest BCUT2D eigenvalue weighted by Crippen LogP contribution is -2.29. The molecule has 0 aliphatic heterocycles. The van der Waals surface area contributed by atoms with Crippen molar-refractivity contribution in [3.05, 3.63) is 18.2 Å². The molecule has 0 amide bonds. The molecular formula is C26H46I3N3O5. The Kier molecular flexibility index (Phi) is 22.0. The van der Waals surface area contributed by atoms with E-state index in [0.717, 1.165) is 76.2 Å². The first kappa shape index (κ1) is 37.2. The number of hydrogen-bond donors (Lipinski definition) is 1. The molecule has 1 rings (SSSR count). The number of halogens is 3. The molecular weight excluding hydrogens is 815 g/mol. The van der Waals surface area contributed by atoms with Crippen LogP contribution in [0.25, 0.3) is 0 Å². The Bertz CT molecular complexity index is 690. The van der Waals surface area contributed by atoms with E-state index in [0.29, 0.717) is 19.8 Å². The summed E-state index contributed by atoms with van der Waals surface area (Å²) in [7, 11) is 0. The van der Waals surface area contributed by atoms with Gasteiger partial charge in [0, 0.05) is 19.6 Å². The zero-order valence-corrected chi connectivity index (χ0v) is 29.7. The van der Waals surface area contributed by atoms with Crippen molar-refractivity contribution >= 4 is 73.7 Å². The second-order valence-corrected chi connectivity index (χ2v) is 19.1. The predicted octanol–water partition coefficient (Wildman–Crippen LogP) is 5.88. The Morgan fingerprint density at radius 2 is 1.00 bits per heavy atom. The number of para-hydroxylation sites is 1. The van der Waals surface area contributed by atoms with Crippen LogP contribution in [0.1, 0.15) is 41.5 Å². The summed E-state index contributed by atoms with van der Waals surface area (Å²) in [6.45, 7) is 23.8. The molecule has 1 N–H and O–H groups in total. The molecule has 0 saturated heterocycles. The molecule has 0 aliphatic rings.